The van der Waals surface area contributed by atoms with Gasteiger partial charge in [-0.25, -0.2) is 4.79 Å². The van der Waals surface area contributed by atoms with Crippen molar-refractivity contribution in [3.8, 4) is 0 Å². The molecule has 2 N–H and O–H groups in total. The molecule has 0 aliphatic heterocycles. The zero-order valence-corrected chi connectivity index (χ0v) is 9.82. The van der Waals surface area contributed by atoms with E-state index < -0.39 is 24.4 Å². The highest BCUT2D eigenvalue weighted by atomic mass is 32.1. The zero-order chi connectivity index (χ0) is 12.3. The number of likely N-dealkylation sites (N-methyl/N-ethyl adjacent to an activating group) is 1. The van der Waals surface area contributed by atoms with Gasteiger partial charge < -0.3 is 15.1 Å². The van der Waals surface area contributed by atoms with E-state index in [4.69, 9.17) is 10.2 Å². The van der Waals surface area contributed by atoms with Gasteiger partial charge in [0.25, 0.3) is 0 Å². The van der Waals surface area contributed by atoms with Gasteiger partial charge in [-0.15, -0.1) is 11.3 Å². The van der Waals surface area contributed by atoms with Gasteiger partial charge in [0.1, 0.15) is 6.04 Å². The Morgan fingerprint density at radius 2 is 2.12 bits per heavy atom. The molecule has 16 heavy (non-hydrogen) atoms. The molecule has 1 rings (SSSR count). The molecule has 1 atom stereocenters. The summed E-state index contributed by atoms with van der Waals surface area (Å²) in [6, 6.07) is 0.839. The van der Waals surface area contributed by atoms with E-state index in [0.29, 0.717) is 0 Å². The monoisotopic (exact) mass is 243 g/mol. The second kappa shape index (κ2) is 4.98. The van der Waals surface area contributed by atoms with E-state index in [0.717, 1.165) is 10.6 Å². The highest BCUT2D eigenvalue weighted by molar-refractivity contribution is 7.14. The molecule has 1 heterocycles. The van der Waals surface area contributed by atoms with E-state index in [1.54, 1.807) is 7.05 Å². The topological polar surface area (TPSA) is 77.8 Å². The van der Waals surface area contributed by atoms with Crippen LogP contribution in [0.15, 0.2) is 11.4 Å². The summed E-state index contributed by atoms with van der Waals surface area (Å²) in [4.78, 5) is 23.1. The molecule has 88 valence electrons. The van der Waals surface area contributed by atoms with Crippen LogP contribution in [0.3, 0.4) is 0 Å². The summed E-state index contributed by atoms with van der Waals surface area (Å²) in [6.45, 7) is 1.86. The van der Waals surface area contributed by atoms with Crippen LogP contribution >= 0.6 is 11.3 Å². The minimum absolute atomic E-state index is 0.414. The molecule has 0 aromatic carbocycles. The van der Waals surface area contributed by atoms with Gasteiger partial charge in [-0.3, -0.25) is 4.79 Å². The normalized spacial score (nSPS) is 12.1. The Bertz CT molecular complexity index is 401. The molecule has 0 fully saturated rings. The van der Waals surface area contributed by atoms with Crippen molar-refractivity contribution in [1.82, 2.24) is 0 Å². The third-order valence-corrected chi connectivity index (χ3v) is 3.38. The molecule has 1 aromatic heterocycles. The molecular weight excluding hydrogens is 230 g/mol. The van der Waals surface area contributed by atoms with Gasteiger partial charge in [-0.2, -0.15) is 0 Å². The number of thiophene rings is 1. The fourth-order valence-corrected chi connectivity index (χ4v) is 2.37. The van der Waals surface area contributed by atoms with Crippen LogP contribution in [0.4, 0.5) is 5.00 Å². The predicted molar refractivity (Wildman–Crippen MR) is 61.1 cm³/mol. The zero-order valence-electron chi connectivity index (χ0n) is 9.01. The fourth-order valence-electron chi connectivity index (χ4n) is 1.42. The predicted octanol–water partition coefficient (Wildman–Crippen LogP) is 1.42. The first-order valence-corrected chi connectivity index (χ1v) is 5.53. The van der Waals surface area contributed by atoms with E-state index in [-0.39, 0.29) is 0 Å². The largest absolute Gasteiger partial charge is 0.481 e. The van der Waals surface area contributed by atoms with Crippen molar-refractivity contribution in [2.24, 2.45) is 0 Å². The average molecular weight is 243 g/mol. The molecule has 1 unspecified atom stereocenters. The molecule has 0 bridgehead atoms. The number of rotatable bonds is 5. The van der Waals surface area contributed by atoms with Crippen molar-refractivity contribution >= 4 is 28.3 Å². The van der Waals surface area contributed by atoms with E-state index in [9.17, 15) is 9.59 Å². The second-order valence-corrected chi connectivity index (χ2v) is 4.37. The fraction of sp³-hybridized carbons (Fsp3) is 0.400. The number of anilines is 1. The summed E-state index contributed by atoms with van der Waals surface area (Å²) in [6.07, 6.45) is -0.414. The van der Waals surface area contributed by atoms with Gasteiger partial charge in [0.05, 0.1) is 11.4 Å². The molecule has 0 aliphatic carbocycles. The van der Waals surface area contributed by atoms with E-state index in [1.807, 2.05) is 18.4 Å². The Morgan fingerprint density at radius 3 is 2.50 bits per heavy atom. The average Bonchev–Trinajstić information content (AvgIpc) is 2.59. The highest BCUT2D eigenvalue weighted by Gasteiger charge is 2.27. The molecule has 1 aromatic rings. The lowest BCUT2D eigenvalue weighted by Gasteiger charge is -2.24. The molecule has 0 saturated heterocycles. The summed E-state index contributed by atoms with van der Waals surface area (Å²) < 4.78 is 0. The summed E-state index contributed by atoms with van der Waals surface area (Å²) in [5.41, 5.74) is 0.948. The number of aryl methyl sites for hydroxylation is 1. The van der Waals surface area contributed by atoms with Crippen molar-refractivity contribution in [2.75, 3.05) is 11.9 Å². The molecule has 0 spiro atoms. The Labute approximate surface area is 96.9 Å². The molecular formula is C10H13NO4S. The summed E-state index contributed by atoms with van der Waals surface area (Å²) >= 11 is 1.40. The summed E-state index contributed by atoms with van der Waals surface area (Å²) in [7, 11) is 1.60. The quantitative estimate of drug-likeness (QED) is 0.817. The highest BCUT2D eigenvalue weighted by Crippen LogP contribution is 2.28. The van der Waals surface area contributed by atoms with Gasteiger partial charge in [-0.05, 0) is 23.9 Å². The number of nitrogens with zero attached hydrogens (tertiary/aromatic N) is 1. The Hall–Kier alpha value is -1.56. The number of aliphatic carboxylic acids is 2. The molecule has 5 nitrogen and oxygen atoms in total. The van der Waals surface area contributed by atoms with Gasteiger partial charge >= 0.3 is 11.9 Å². The van der Waals surface area contributed by atoms with Crippen LogP contribution in [0.25, 0.3) is 0 Å². The molecule has 0 aliphatic rings. The third kappa shape index (κ3) is 2.73. The van der Waals surface area contributed by atoms with Crippen molar-refractivity contribution in [2.45, 2.75) is 19.4 Å². The van der Waals surface area contributed by atoms with Gasteiger partial charge in [-0.1, -0.05) is 0 Å². The SMILES string of the molecule is Cc1ccsc1N(C)C(CC(=O)O)C(=O)O. The number of carboxylic acids is 2. The van der Waals surface area contributed by atoms with E-state index in [2.05, 4.69) is 0 Å². The van der Waals surface area contributed by atoms with Gasteiger partial charge in [0, 0.05) is 7.05 Å². The van der Waals surface area contributed by atoms with Gasteiger partial charge in [0.15, 0.2) is 0 Å². The van der Waals surface area contributed by atoms with Crippen LogP contribution in [-0.2, 0) is 9.59 Å². The Morgan fingerprint density at radius 1 is 1.50 bits per heavy atom. The van der Waals surface area contributed by atoms with Crippen LogP contribution in [-0.4, -0.2) is 35.2 Å². The first-order chi connectivity index (χ1) is 7.43. The first-order valence-electron chi connectivity index (χ1n) is 4.65. The minimum Gasteiger partial charge on any atom is -0.481 e. The minimum atomic E-state index is -1.13. The third-order valence-electron chi connectivity index (χ3n) is 2.28. The Kier molecular flexibility index (Phi) is 3.89. The lowest BCUT2D eigenvalue weighted by atomic mass is 10.2. The molecule has 0 amide bonds. The molecule has 0 radical (unpaired) electrons. The van der Waals surface area contributed by atoms with Crippen molar-refractivity contribution in [3.63, 3.8) is 0 Å². The van der Waals surface area contributed by atoms with Crippen LogP contribution in [0.5, 0.6) is 0 Å². The summed E-state index contributed by atoms with van der Waals surface area (Å²) in [5, 5.41) is 20.3. The maximum Gasteiger partial charge on any atom is 0.326 e. The molecule has 6 heteroatoms. The summed E-state index contributed by atoms with van der Waals surface area (Å²) in [5.74, 6) is -2.24. The van der Waals surface area contributed by atoms with Crippen molar-refractivity contribution in [3.05, 3.63) is 17.0 Å². The number of hydrogen-bond acceptors (Lipinski definition) is 4. The van der Waals surface area contributed by atoms with Crippen molar-refractivity contribution in [1.29, 1.82) is 0 Å². The number of carbonyl (C=O) groups is 2. The maximum atomic E-state index is 11.0. The van der Waals surface area contributed by atoms with Crippen molar-refractivity contribution < 1.29 is 19.8 Å². The van der Waals surface area contributed by atoms with E-state index >= 15 is 0 Å². The second-order valence-electron chi connectivity index (χ2n) is 3.47. The van der Waals surface area contributed by atoms with Crippen LogP contribution in [0.1, 0.15) is 12.0 Å². The number of carboxylic acid groups (broad SMARTS) is 2. The first kappa shape index (κ1) is 12.5. The Balaban J connectivity index is 2.91. The molecule has 0 saturated carbocycles. The maximum absolute atomic E-state index is 11.0. The lowest BCUT2D eigenvalue weighted by Crippen LogP contribution is -2.40. The smallest absolute Gasteiger partial charge is 0.326 e. The van der Waals surface area contributed by atoms with Gasteiger partial charge in [0.2, 0.25) is 0 Å². The number of hydrogen-bond donors (Lipinski definition) is 2. The van der Waals surface area contributed by atoms with Crippen LogP contribution in [0.2, 0.25) is 0 Å². The van der Waals surface area contributed by atoms with Crippen LogP contribution < -0.4 is 4.90 Å². The van der Waals surface area contributed by atoms with Crippen LogP contribution in [0, 0.1) is 6.92 Å². The standard InChI is InChI=1S/C10H13NO4S/c1-6-3-4-16-9(6)11(2)7(10(14)15)5-8(12)13/h3-4,7H,5H2,1-2H3,(H,12,13)(H,14,15). The van der Waals surface area contributed by atoms with E-state index in [1.165, 1.54) is 16.2 Å². The lowest BCUT2D eigenvalue weighted by molar-refractivity contribution is -0.145.